The molecule has 0 atom stereocenters. The van der Waals surface area contributed by atoms with Crippen LogP contribution in [-0.2, 0) is 22.9 Å². The van der Waals surface area contributed by atoms with Gasteiger partial charge in [0.05, 0.1) is 56.8 Å². The number of aryl methyl sites for hydroxylation is 1. The number of hydrogen-bond donors (Lipinski definition) is 1. The van der Waals surface area contributed by atoms with E-state index in [1.807, 2.05) is 0 Å². The monoisotopic (exact) mass is 552 g/mol. The van der Waals surface area contributed by atoms with E-state index in [2.05, 4.69) is 25.0 Å². The maximum absolute atomic E-state index is 15.5. The van der Waals surface area contributed by atoms with Crippen molar-refractivity contribution in [2.75, 3.05) is 31.1 Å². The number of nitrogens with one attached hydrogen (secondary N) is 1. The van der Waals surface area contributed by atoms with Crippen LogP contribution in [0.5, 0.6) is 11.5 Å². The number of aromatic nitrogens is 7. The number of imidazole rings is 1. The molecule has 0 fully saturated rings. The maximum atomic E-state index is 15.5. The molecule has 5 rings (SSSR count). The molecule has 0 aliphatic heterocycles. The maximum Gasteiger partial charge on any atom is 0.188 e. The van der Waals surface area contributed by atoms with Crippen molar-refractivity contribution in [2.24, 2.45) is 0 Å². The first kappa shape index (κ1) is 26.0. The first-order chi connectivity index (χ1) is 18.7. The first-order valence-corrected chi connectivity index (χ1v) is 13.8. The highest BCUT2D eigenvalue weighted by Gasteiger charge is 2.22. The lowest BCUT2D eigenvalue weighted by Gasteiger charge is -2.25. The zero-order chi connectivity index (χ0) is 27.6. The van der Waals surface area contributed by atoms with E-state index in [-0.39, 0.29) is 30.3 Å². The van der Waals surface area contributed by atoms with Gasteiger partial charge in [-0.15, -0.1) is 0 Å². The second-order valence-electron chi connectivity index (χ2n) is 8.67. The molecule has 0 unspecified atom stereocenters. The zero-order valence-electron chi connectivity index (χ0n) is 21.4. The number of anilines is 2. The second kappa shape index (κ2) is 10.6. The van der Waals surface area contributed by atoms with E-state index in [0.717, 1.165) is 0 Å². The fourth-order valence-electron chi connectivity index (χ4n) is 3.90. The number of benzene rings is 1. The van der Waals surface area contributed by atoms with E-state index in [1.165, 1.54) is 31.2 Å². The lowest BCUT2D eigenvalue weighted by Crippen LogP contribution is -2.20. The summed E-state index contributed by atoms with van der Waals surface area (Å²) in [5, 5.41) is 4.23. The Balaban J connectivity index is 1.55. The fourth-order valence-corrected chi connectivity index (χ4v) is 4.42. The number of rotatable bonds is 10. The molecular weight excluding hydrogens is 527 g/mol. The van der Waals surface area contributed by atoms with Gasteiger partial charge >= 0.3 is 0 Å². The Morgan fingerprint density at radius 2 is 1.95 bits per heavy atom. The molecule has 1 N–H and O–H groups in total. The number of sulfone groups is 1. The number of methoxy groups -OCH3 is 2. The standard InChI is InChI=1S/C25H25FN8O4S/c1-37-17-10-20(24(26)21(11-17)38-2)34(15-22-27-6-7-28-22)23-5-4-18-25(32-23)31-19(13-29-18)16-12-30-33(14-16)8-9-39(3,35)36/h4-7,10-14H,8-9,15H2,1-3H3,(H,27,28). The predicted octanol–water partition coefficient (Wildman–Crippen LogP) is 3.15. The van der Waals surface area contributed by atoms with Gasteiger partial charge in [-0.1, -0.05) is 0 Å². The summed E-state index contributed by atoms with van der Waals surface area (Å²) >= 11 is 0. The Morgan fingerprint density at radius 1 is 1.10 bits per heavy atom. The largest absolute Gasteiger partial charge is 0.497 e. The van der Waals surface area contributed by atoms with Crippen molar-refractivity contribution in [3.05, 3.63) is 66.9 Å². The molecule has 0 spiro atoms. The van der Waals surface area contributed by atoms with Crippen LogP contribution in [0, 0.1) is 5.82 Å². The number of pyridine rings is 1. The van der Waals surface area contributed by atoms with Gasteiger partial charge in [0, 0.05) is 42.5 Å². The molecule has 0 aliphatic rings. The van der Waals surface area contributed by atoms with E-state index >= 15 is 4.39 Å². The molecule has 4 heterocycles. The molecule has 12 nitrogen and oxygen atoms in total. The molecule has 4 aromatic heterocycles. The van der Waals surface area contributed by atoms with Crippen molar-refractivity contribution < 1.29 is 22.3 Å². The lowest BCUT2D eigenvalue weighted by atomic mass is 10.2. The summed E-state index contributed by atoms with van der Waals surface area (Å²) in [5.41, 5.74) is 2.19. The average molecular weight is 553 g/mol. The van der Waals surface area contributed by atoms with Crippen molar-refractivity contribution in [3.63, 3.8) is 0 Å². The van der Waals surface area contributed by atoms with E-state index in [0.29, 0.717) is 39.8 Å². The first-order valence-electron chi connectivity index (χ1n) is 11.8. The summed E-state index contributed by atoms with van der Waals surface area (Å²) in [6.45, 7) is 0.387. The van der Waals surface area contributed by atoms with Crippen molar-refractivity contribution in [3.8, 4) is 22.8 Å². The van der Waals surface area contributed by atoms with Gasteiger partial charge in [0.1, 0.15) is 32.7 Å². The summed E-state index contributed by atoms with van der Waals surface area (Å²) in [7, 11) is -0.256. The Bertz CT molecular complexity index is 1720. The van der Waals surface area contributed by atoms with Gasteiger partial charge in [-0.05, 0) is 12.1 Å². The van der Waals surface area contributed by atoms with Crippen molar-refractivity contribution >= 4 is 32.5 Å². The van der Waals surface area contributed by atoms with Crippen LogP contribution >= 0.6 is 0 Å². The third-order valence-electron chi connectivity index (χ3n) is 5.89. The number of hydrogen-bond acceptors (Lipinski definition) is 10. The molecule has 5 aromatic rings. The molecule has 0 saturated carbocycles. The van der Waals surface area contributed by atoms with E-state index < -0.39 is 15.7 Å². The number of ether oxygens (including phenoxy) is 2. The van der Waals surface area contributed by atoms with Crippen LogP contribution in [0.3, 0.4) is 0 Å². The van der Waals surface area contributed by atoms with E-state index in [1.54, 1.807) is 54.1 Å². The van der Waals surface area contributed by atoms with Crippen molar-refractivity contribution in [2.45, 2.75) is 13.1 Å². The average Bonchev–Trinajstić information content (AvgIpc) is 3.62. The summed E-state index contributed by atoms with van der Waals surface area (Å²) in [4.78, 5) is 22.8. The zero-order valence-corrected chi connectivity index (χ0v) is 22.2. The molecule has 14 heteroatoms. The molecule has 0 amide bonds. The Labute approximate surface area is 223 Å². The minimum atomic E-state index is -3.13. The minimum Gasteiger partial charge on any atom is -0.497 e. The van der Waals surface area contributed by atoms with Gasteiger partial charge in [-0.25, -0.2) is 27.8 Å². The summed E-state index contributed by atoms with van der Waals surface area (Å²) < 4.78 is 50.7. The molecule has 202 valence electrons. The normalized spacial score (nSPS) is 11.6. The third-order valence-corrected chi connectivity index (χ3v) is 6.82. The predicted molar refractivity (Wildman–Crippen MR) is 142 cm³/mol. The topological polar surface area (TPSA) is 141 Å². The molecular formula is C25H25FN8O4S. The van der Waals surface area contributed by atoms with Crippen molar-refractivity contribution in [1.82, 2.24) is 34.7 Å². The van der Waals surface area contributed by atoms with Crippen LogP contribution < -0.4 is 14.4 Å². The van der Waals surface area contributed by atoms with Gasteiger partial charge in [0.25, 0.3) is 0 Å². The fraction of sp³-hybridized carbons (Fsp3) is 0.240. The molecule has 0 aliphatic carbocycles. The minimum absolute atomic E-state index is 0.0181. The number of nitrogens with zero attached hydrogens (tertiary/aromatic N) is 7. The van der Waals surface area contributed by atoms with Gasteiger partial charge in [0.2, 0.25) is 0 Å². The quantitative estimate of drug-likeness (QED) is 0.275. The number of aromatic amines is 1. The summed E-state index contributed by atoms with van der Waals surface area (Å²) in [6, 6.07) is 6.48. The Morgan fingerprint density at radius 3 is 2.67 bits per heavy atom. The highest BCUT2D eigenvalue weighted by Crippen LogP contribution is 2.37. The summed E-state index contributed by atoms with van der Waals surface area (Å²) in [6.07, 6.45) is 9.34. The smallest absolute Gasteiger partial charge is 0.188 e. The van der Waals surface area contributed by atoms with Crippen LogP contribution in [0.1, 0.15) is 5.82 Å². The number of fused-ring (bicyclic) bond motifs is 1. The van der Waals surface area contributed by atoms with Gasteiger partial charge in [-0.3, -0.25) is 9.67 Å². The van der Waals surface area contributed by atoms with E-state index in [9.17, 15) is 8.42 Å². The van der Waals surface area contributed by atoms with Crippen LogP contribution in [0.2, 0.25) is 0 Å². The van der Waals surface area contributed by atoms with Gasteiger partial charge in [0.15, 0.2) is 17.2 Å². The Kier molecular flexibility index (Phi) is 7.11. The molecule has 1 aromatic carbocycles. The van der Waals surface area contributed by atoms with Crippen LogP contribution in [-0.4, -0.2) is 69.3 Å². The highest BCUT2D eigenvalue weighted by atomic mass is 32.2. The SMILES string of the molecule is COc1cc(OC)c(F)c(N(Cc2ncc[nH]2)c2ccc3ncc(-c4cnn(CCS(C)(=O)=O)c4)nc3n2)c1. The second-order valence-corrected chi connectivity index (χ2v) is 10.9. The van der Waals surface area contributed by atoms with Gasteiger partial charge in [-0.2, -0.15) is 5.10 Å². The number of H-pyrrole nitrogens is 1. The Hall–Kier alpha value is -4.59. The highest BCUT2D eigenvalue weighted by molar-refractivity contribution is 7.90. The third kappa shape index (κ3) is 5.80. The van der Waals surface area contributed by atoms with E-state index in [4.69, 9.17) is 14.5 Å². The summed E-state index contributed by atoms with van der Waals surface area (Å²) in [5.74, 6) is 0.781. The van der Waals surface area contributed by atoms with Gasteiger partial charge < -0.3 is 19.4 Å². The molecule has 39 heavy (non-hydrogen) atoms. The molecule has 0 saturated heterocycles. The number of halogens is 1. The van der Waals surface area contributed by atoms with Crippen LogP contribution in [0.15, 0.2) is 55.2 Å². The van der Waals surface area contributed by atoms with Crippen LogP contribution in [0.25, 0.3) is 22.4 Å². The van der Waals surface area contributed by atoms with Crippen LogP contribution in [0.4, 0.5) is 15.9 Å². The molecule has 0 radical (unpaired) electrons. The molecule has 0 bridgehead atoms. The lowest BCUT2D eigenvalue weighted by molar-refractivity contribution is 0.374. The van der Waals surface area contributed by atoms with Crippen molar-refractivity contribution in [1.29, 1.82) is 0 Å².